The largest absolute Gasteiger partial charge is 0.490 e. The minimum absolute atomic E-state index is 0.0639. The summed E-state index contributed by atoms with van der Waals surface area (Å²) < 4.78 is 6.46. The molecule has 1 unspecified atom stereocenters. The highest BCUT2D eigenvalue weighted by Crippen LogP contribution is 2.26. The van der Waals surface area contributed by atoms with Crippen LogP contribution in [0.3, 0.4) is 0 Å². The molecule has 0 fully saturated rings. The first-order valence-corrected chi connectivity index (χ1v) is 10.7. The fourth-order valence-corrected chi connectivity index (χ4v) is 3.30. The first kappa shape index (κ1) is 23.9. The smallest absolute Gasteiger partial charge is 0.262 e. The number of carbonyl (C=O) groups is 2. The van der Waals surface area contributed by atoms with Crippen LogP contribution in [0.1, 0.15) is 43.6 Å². The van der Waals surface area contributed by atoms with Crippen molar-refractivity contribution in [2.24, 2.45) is 11.0 Å². The molecule has 30 heavy (non-hydrogen) atoms. The van der Waals surface area contributed by atoms with E-state index in [0.717, 1.165) is 15.8 Å². The van der Waals surface area contributed by atoms with Crippen LogP contribution in [0.5, 0.6) is 5.75 Å². The quantitative estimate of drug-likeness (QED) is 0.409. The predicted molar refractivity (Wildman–Crippen MR) is 123 cm³/mol. The zero-order chi connectivity index (χ0) is 22.3. The van der Waals surface area contributed by atoms with Crippen LogP contribution in [0, 0.1) is 5.92 Å². The number of carbonyl (C=O) groups excluding carboxylic acids is 2. The maximum Gasteiger partial charge on any atom is 0.262 e. The van der Waals surface area contributed by atoms with Crippen molar-refractivity contribution in [1.82, 2.24) is 10.7 Å². The molecule has 0 aliphatic rings. The van der Waals surface area contributed by atoms with Gasteiger partial charge in [-0.1, -0.05) is 37.6 Å². The van der Waals surface area contributed by atoms with E-state index in [-0.39, 0.29) is 12.0 Å². The Morgan fingerprint density at radius 3 is 2.43 bits per heavy atom. The van der Waals surface area contributed by atoms with Crippen LogP contribution in [0.4, 0.5) is 0 Å². The van der Waals surface area contributed by atoms with Gasteiger partial charge in [0, 0.05) is 0 Å². The summed E-state index contributed by atoms with van der Waals surface area (Å²) in [5, 5.41) is 7.06. The van der Waals surface area contributed by atoms with Gasteiger partial charge in [-0.05, 0) is 71.6 Å². The number of nitrogens with zero attached hydrogens (tertiary/aromatic N) is 1. The fraction of sp³-hybridized carbons (Fsp3) is 0.318. The zero-order valence-electron chi connectivity index (χ0n) is 17.3. The molecule has 0 aromatic heterocycles. The van der Waals surface area contributed by atoms with Gasteiger partial charge in [0.2, 0.25) is 0 Å². The van der Waals surface area contributed by atoms with Crippen molar-refractivity contribution in [1.29, 1.82) is 0 Å². The Balaban J connectivity index is 2.02. The number of benzene rings is 2. The van der Waals surface area contributed by atoms with Crippen LogP contribution < -0.4 is 15.5 Å². The van der Waals surface area contributed by atoms with E-state index in [9.17, 15) is 9.59 Å². The molecular formula is C22H25BrClN3O3. The van der Waals surface area contributed by atoms with Crippen molar-refractivity contribution >= 4 is 45.6 Å². The van der Waals surface area contributed by atoms with Gasteiger partial charge in [0.15, 0.2) is 0 Å². The standard InChI is InChI=1S/C22H25BrClN3O3/c1-13(2)20(26-21(28)16-7-5-6-8-18(16)24)22(29)27-25-12-15-9-10-19(17(23)11-15)30-14(3)4/h5-14,20H,1-4H3,(H,26,28)(H,27,29). The number of amides is 2. The van der Waals surface area contributed by atoms with E-state index in [2.05, 4.69) is 31.8 Å². The van der Waals surface area contributed by atoms with Crippen LogP contribution in [0.2, 0.25) is 5.02 Å². The van der Waals surface area contributed by atoms with Gasteiger partial charge in [-0.25, -0.2) is 5.43 Å². The molecule has 6 nitrogen and oxygen atoms in total. The monoisotopic (exact) mass is 493 g/mol. The summed E-state index contributed by atoms with van der Waals surface area (Å²) in [5.74, 6) is -0.245. The Labute approximate surface area is 190 Å². The van der Waals surface area contributed by atoms with Crippen LogP contribution in [-0.2, 0) is 4.79 Å². The highest BCUT2D eigenvalue weighted by atomic mass is 79.9. The first-order chi connectivity index (χ1) is 14.2. The molecule has 0 aliphatic heterocycles. The third kappa shape index (κ3) is 6.85. The Bertz CT molecular complexity index is 932. The van der Waals surface area contributed by atoms with Gasteiger partial charge in [0.1, 0.15) is 11.8 Å². The lowest BCUT2D eigenvalue weighted by atomic mass is 10.0. The summed E-state index contributed by atoms with van der Waals surface area (Å²) in [6, 6.07) is 11.4. The molecule has 0 heterocycles. The number of hydrogen-bond acceptors (Lipinski definition) is 4. The molecule has 2 rings (SSSR count). The predicted octanol–water partition coefficient (Wildman–Crippen LogP) is 4.79. The van der Waals surface area contributed by atoms with Crippen LogP contribution >= 0.6 is 27.5 Å². The number of ether oxygens (including phenoxy) is 1. The highest BCUT2D eigenvalue weighted by molar-refractivity contribution is 9.10. The molecule has 0 saturated carbocycles. The Morgan fingerprint density at radius 2 is 1.83 bits per heavy atom. The number of rotatable bonds is 8. The van der Waals surface area contributed by atoms with Crippen LogP contribution in [0.25, 0.3) is 0 Å². The van der Waals surface area contributed by atoms with Gasteiger partial charge in [-0.15, -0.1) is 0 Å². The molecule has 2 aromatic rings. The van der Waals surface area contributed by atoms with Crippen LogP contribution in [0.15, 0.2) is 52.0 Å². The minimum atomic E-state index is -0.764. The lowest BCUT2D eigenvalue weighted by molar-refractivity contribution is -0.123. The van der Waals surface area contributed by atoms with Gasteiger partial charge in [-0.3, -0.25) is 9.59 Å². The van der Waals surface area contributed by atoms with Crippen molar-refractivity contribution in [2.75, 3.05) is 0 Å². The third-order valence-corrected chi connectivity index (χ3v) is 5.01. The molecule has 0 bridgehead atoms. The van der Waals surface area contributed by atoms with E-state index < -0.39 is 17.9 Å². The van der Waals surface area contributed by atoms with Crippen molar-refractivity contribution < 1.29 is 14.3 Å². The topological polar surface area (TPSA) is 79.8 Å². The normalized spacial score (nSPS) is 12.3. The van der Waals surface area contributed by atoms with E-state index in [1.807, 2.05) is 45.9 Å². The number of hydrogen-bond donors (Lipinski definition) is 2. The van der Waals surface area contributed by atoms with E-state index in [1.54, 1.807) is 24.3 Å². The SMILES string of the molecule is CC(C)Oc1ccc(C=NNC(=O)C(NC(=O)c2ccccc2Cl)C(C)C)cc1Br. The lowest BCUT2D eigenvalue weighted by Crippen LogP contribution is -2.48. The molecule has 1 atom stereocenters. The molecule has 0 spiro atoms. The molecule has 0 aliphatic carbocycles. The molecule has 2 aromatic carbocycles. The van der Waals surface area contributed by atoms with Gasteiger partial charge >= 0.3 is 0 Å². The van der Waals surface area contributed by atoms with Gasteiger partial charge < -0.3 is 10.1 Å². The van der Waals surface area contributed by atoms with Gasteiger partial charge in [0.05, 0.1) is 27.4 Å². The second-order valence-corrected chi connectivity index (χ2v) is 8.53. The second-order valence-electron chi connectivity index (χ2n) is 7.27. The number of halogens is 2. The summed E-state index contributed by atoms with van der Waals surface area (Å²) in [6.07, 6.45) is 1.59. The summed E-state index contributed by atoms with van der Waals surface area (Å²) in [4.78, 5) is 25.1. The first-order valence-electron chi connectivity index (χ1n) is 9.53. The lowest BCUT2D eigenvalue weighted by Gasteiger charge is -2.20. The molecule has 8 heteroatoms. The van der Waals surface area contributed by atoms with Crippen molar-refractivity contribution in [2.45, 2.75) is 39.8 Å². The summed E-state index contributed by atoms with van der Waals surface area (Å²) in [7, 11) is 0. The maximum atomic E-state index is 12.6. The fourth-order valence-electron chi connectivity index (χ4n) is 2.59. The van der Waals surface area contributed by atoms with Crippen molar-refractivity contribution in [3.8, 4) is 5.75 Å². The van der Waals surface area contributed by atoms with E-state index in [4.69, 9.17) is 16.3 Å². The Kier molecular flexibility index (Phi) is 8.87. The molecular weight excluding hydrogens is 470 g/mol. The average Bonchev–Trinajstić information content (AvgIpc) is 2.67. The van der Waals surface area contributed by atoms with Gasteiger partial charge in [-0.2, -0.15) is 5.10 Å². The van der Waals surface area contributed by atoms with Crippen LogP contribution in [-0.4, -0.2) is 30.2 Å². The van der Waals surface area contributed by atoms with Crippen molar-refractivity contribution in [3.05, 3.63) is 63.1 Å². The molecule has 0 radical (unpaired) electrons. The number of nitrogens with one attached hydrogen (secondary N) is 2. The second kappa shape index (κ2) is 11.1. The Morgan fingerprint density at radius 1 is 1.13 bits per heavy atom. The minimum Gasteiger partial charge on any atom is -0.490 e. The summed E-state index contributed by atoms with van der Waals surface area (Å²) in [6.45, 7) is 7.58. The van der Waals surface area contributed by atoms with Crippen molar-refractivity contribution in [3.63, 3.8) is 0 Å². The average molecular weight is 495 g/mol. The van der Waals surface area contributed by atoms with E-state index >= 15 is 0 Å². The molecule has 2 N–H and O–H groups in total. The van der Waals surface area contributed by atoms with E-state index in [0.29, 0.717) is 10.6 Å². The number of hydrazone groups is 1. The highest BCUT2D eigenvalue weighted by Gasteiger charge is 2.25. The van der Waals surface area contributed by atoms with E-state index in [1.165, 1.54) is 6.21 Å². The zero-order valence-corrected chi connectivity index (χ0v) is 19.6. The van der Waals surface area contributed by atoms with Gasteiger partial charge in [0.25, 0.3) is 11.8 Å². The molecule has 2 amide bonds. The molecule has 0 saturated heterocycles. The summed E-state index contributed by atoms with van der Waals surface area (Å²) >= 11 is 9.53. The summed E-state index contributed by atoms with van der Waals surface area (Å²) in [5.41, 5.74) is 3.58. The molecule has 160 valence electrons. The maximum absolute atomic E-state index is 12.6. The third-order valence-electron chi connectivity index (χ3n) is 4.06. The Hall–Kier alpha value is -2.38.